The highest BCUT2D eigenvalue weighted by molar-refractivity contribution is 7.89. The summed E-state index contributed by atoms with van der Waals surface area (Å²) in [5.41, 5.74) is 5.12. The number of aromatic amines is 1. The molecule has 0 atom stereocenters. The van der Waals surface area contributed by atoms with Gasteiger partial charge >= 0.3 is 0 Å². The number of benzene rings is 3. The van der Waals surface area contributed by atoms with Crippen molar-refractivity contribution in [3.63, 3.8) is 0 Å². The lowest BCUT2D eigenvalue weighted by molar-refractivity contribution is 0.406. The first kappa shape index (κ1) is 24.7. The second kappa shape index (κ2) is 10.1. The Morgan fingerprint density at radius 3 is 2.29 bits per heavy atom. The number of aryl methyl sites for hydroxylation is 3. The zero-order valence-corrected chi connectivity index (χ0v) is 21.3. The van der Waals surface area contributed by atoms with Gasteiger partial charge in [-0.25, -0.2) is 8.42 Å². The van der Waals surface area contributed by atoms with Crippen LogP contribution in [0.3, 0.4) is 0 Å². The summed E-state index contributed by atoms with van der Waals surface area (Å²) in [6.45, 7) is 6.17. The lowest BCUT2D eigenvalue weighted by Gasteiger charge is -2.23. The molecule has 4 rings (SSSR count). The molecule has 0 saturated heterocycles. The molecule has 182 valence electrons. The van der Waals surface area contributed by atoms with Crippen molar-refractivity contribution in [2.45, 2.75) is 38.6 Å². The van der Waals surface area contributed by atoms with E-state index in [9.17, 15) is 13.2 Å². The van der Waals surface area contributed by atoms with E-state index in [1.165, 1.54) is 23.5 Å². The topological polar surface area (TPSA) is 79.5 Å². The van der Waals surface area contributed by atoms with Gasteiger partial charge in [0.05, 0.1) is 17.5 Å². The summed E-state index contributed by atoms with van der Waals surface area (Å²) in [7, 11) is -2.33. The molecule has 4 aromatic rings. The van der Waals surface area contributed by atoms with E-state index in [2.05, 4.69) is 4.98 Å². The van der Waals surface area contributed by atoms with Crippen LogP contribution in [0.25, 0.3) is 10.9 Å². The minimum Gasteiger partial charge on any atom is -0.497 e. The second-order valence-electron chi connectivity index (χ2n) is 8.86. The van der Waals surface area contributed by atoms with Crippen molar-refractivity contribution in [1.82, 2.24) is 9.29 Å². The number of nitrogens with zero attached hydrogens (tertiary/aromatic N) is 1. The van der Waals surface area contributed by atoms with Crippen LogP contribution in [0.1, 0.15) is 27.8 Å². The van der Waals surface area contributed by atoms with Crippen molar-refractivity contribution >= 4 is 20.9 Å². The summed E-state index contributed by atoms with van der Waals surface area (Å²) < 4.78 is 34.0. The van der Waals surface area contributed by atoms with E-state index < -0.39 is 10.0 Å². The standard InChI is InChI=1S/C28H30N2O4S/c1-19-15-21(3)27-23(16-19)17-24(28(31)29-27)18-30(14-13-22-8-6-5-7-20(22)2)35(32,33)26-11-9-25(34-4)10-12-26/h5-12,15-17H,13-14,18H2,1-4H3,(H,29,31). The van der Waals surface area contributed by atoms with Gasteiger partial charge in [0, 0.05) is 18.7 Å². The van der Waals surface area contributed by atoms with Crippen LogP contribution in [0.4, 0.5) is 0 Å². The lowest BCUT2D eigenvalue weighted by Crippen LogP contribution is -2.34. The molecule has 0 aliphatic carbocycles. The summed E-state index contributed by atoms with van der Waals surface area (Å²) in [5.74, 6) is 0.576. The van der Waals surface area contributed by atoms with Crippen LogP contribution >= 0.6 is 0 Å². The molecule has 1 heterocycles. The van der Waals surface area contributed by atoms with Crippen LogP contribution in [0.5, 0.6) is 5.75 Å². The average molecular weight is 491 g/mol. The number of nitrogens with one attached hydrogen (secondary N) is 1. The van der Waals surface area contributed by atoms with Crippen LogP contribution in [0.15, 0.2) is 76.4 Å². The Morgan fingerprint density at radius 1 is 0.886 bits per heavy atom. The molecule has 0 bridgehead atoms. The van der Waals surface area contributed by atoms with E-state index in [1.807, 2.05) is 57.2 Å². The number of sulfonamides is 1. The number of hydrogen-bond acceptors (Lipinski definition) is 4. The smallest absolute Gasteiger partial charge is 0.252 e. The largest absolute Gasteiger partial charge is 0.497 e. The fourth-order valence-corrected chi connectivity index (χ4v) is 5.78. The van der Waals surface area contributed by atoms with Gasteiger partial charge in [-0.1, -0.05) is 35.9 Å². The van der Waals surface area contributed by atoms with Crippen LogP contribution in [0.2, 0.25) is 0 Å². The normalized spacial score (nSPS) is 11.8. The van der Waals surface area contributed by atoms with Crippen LogP contribution in [-0.4, -0.2) is 31.4 Å². The highest BCUT2D eigenvalue weighted by atomic mass is 32.2. The predicted molar refractivity (Wildman–Crippen MR) is 140 cm³/mol. The van der Waals surface area contributed by atoms with Gasteiger partial charge in [0.25, 0.3) is 5.56 Å². The van der Waals surface area contributed by atoms with Gasteiger partial charge in [-0.2, -0.15) is 4.31 Å². The number of H-pyrrole nitrogens is 1. The molecule has 0 unspecified atom stereocenters. The van der Waals surface area contributed by atoms with E-state index in [0.29, 0.717) is 17.7 Å². The number of ether oxygens (including phenoxy) is 1. The Balaban J connectivity index is 1.74. The maximum Gasteiger partial charge on any atom is 0.252 e. The van der Waals surface area contributed by atoms with Crippen LogP contribution < -0.4 is 10.3 Å². The van der Waals surface area contributed by atoms with E-state index in [4.69, 9.17) is 4.74 Å². The quantitative estimate of drug-likeness (QED) is 0.381. The highest BCUT2D eigenvalue weighted by Gasteiger charge is 2.26. The Labute approximate surface area is 206 Å². The summed E-state index contributed by atoms with van der Waals surface area (Å²) >= 11 is 0. The van der Waals surface area contributed by atoms with Crippen molar-refractivity contribution in [3.8, 4) is 5.75 Å². The molecule has 0 aliphatic rings. The summed E-state index contributed by atoms with van der Waals surface area (Å²) in [6.07, 6.45) is 0.533. The number of pyridine rings is 1. The van der Waals surface area contributed by atoms with Crippen molar-refractivity contribution in [1.29, 1.82) is 0 Å². The van der Waals surface area contributed by atoms with E-state index in [0.717, 1.165) is 33.2 Å². The third-order valence-corrected chi connectivity index (χ3v) is 8.17. The van der Waals surface area contributed by atoms with Crippen molar-refractivity contribution in [2.75, 3.05) is 13.7 Å². The molecule has 1 aromatic heterocycles. The van der Waals surface area contributed by atoms with E-state index in [1.54, 1.807) is 18.2 Å². The van der Waals surface area contributed by atoms with E-state index in [-0.39, 0.29) is 23.5 Å². The highest BCUT2D eigenvalue weighted by Crippen LogP contribution is 2.23. The molecule has 3 aromatic carbocycles. The SMILES string of the molecule is COc1ccc(S(=O)(=O)N(CCc2ccccc2C)Cc2cc3cc(C)cc(C)c3[nH]c2=O)cc1. The molecule has 7 heteroatoms. The van der Waals surface area contributed by atoms with E-state index >= 15 is 0 Å². The first-order chi connectivity index (χ1) is 16.7. The van der Waals surface area contributed by atoms with Crippen LogP contribution in [-0.2, 0) is 23.0 Å². The molecule has 0 amide bonds. The number of rotatable bonds is 8. The molecule has 35 heavy (non-hydrogen) atoms. The first-order valence-electron chi connectivity index (χ1n) is 11.5. The third kappa shape index (κ3) is 5.31. The Bertz CT molecular complexity index is 1520. The predicted octanol–water partition coefficient (Wildman–Crippen LogP) is 4.90. The van der Waals surface area contributed by atoms with Crippen LogP contribution in [0, 0.1) is 20.8 Å². The fourth-order valence-electron chi connectivity index (χ4n) is 4.36. The average Bonchev–Trinajstić information content (AvgIpc) is 2.83. The maximum atomic E-state index is 13.7. The van der Waals surface area contributed by atoms with Gasteiger partial charge < -0.3 is 9.72 Å². The molecule has 0 saturated carbocycles. The molecule has 1 N–H and O–H groups in total. The lowest BCUT2D eigenvalue weighted by atomic mass is 10.0. The maximum absolute atomic E-state index is 13.7. The van der Waals surface area contributed by atoms with Gasteiger partial charge in [0.2, 0.25) is 10.0 Å². The molecular formula is C28H30N2O4S. The second-order valence-corrected chi connectivity index (χ2v) is 10.8. The molecule has 6 nitrogen and oxygen atoms in total. The molecule has 0 spiro atoms. The summed E-state index contributed by atoms with van der Waals surface area (Å²) in [4.78, 5) is 16.1. The van der Waals surface area contributed by atoms with Gasteiger partial charge in [0.15, 0.2) is 0 Å². The van der Waals surface area contributed by atoms with Gasteiger partial charge in [-0.3, -0.25) is 4.79 Å². The molecular weight excluding hydrogens is 460 g/mol. The molecule has 0 aliphatic heterocycles. The van der Waals surface area contributed by atoms with Gasteiger partial charge in [-0.05, 0) is 85.7 Å². The van der Waals surface area contributed by atoms with Crippen molar-refractivity contribution in [2.24, 2.45) is 0 Å². The zero-order chi connectivity index (χ0) is 25.2. The van der Waals surface area contributed by atoms with Crippen molar-refractivity contribution in [3.05, 3.63) is 105 Å². The number of fused-ring (bicyclic) bond motifs is 1. The Hall–Kier alpha value is -3.42. The third-order valence-electron chi connectivity index (χ3n) is 6.31. The number of methoxy groups -OCH3 is 1. The number of aromatic nitrogens is 1. The minimum atomic E-state index is -3.87. The number of hydrogen-bond donors (Lipinski definition) is 1. The Kier molecular flexibility index (Phi) is 7.10. The molecule has 0 fully saturated rings. The zero-order valence-electron chi connectivity index (χ0n) is 20.5. The minimum absolute atomic E-state index is 0.0293. The van der Waals surface area contributed by atoms with Gasteiger partial charge in [-0.15, -0.1) is 0 Å². The fraction of sp³-hybridized carbons (Fsp3) is 0.250. The first-order valence-corrected chi connectivity index (χ1v) is 12.9. The summed E-state index contributed by atoms with van der Waals surface area (Å²) in [5, 5.41) is 0.887. The van der Waals surface area contributed by atoms with Crippen molar-refractivity contribution < 1.29 is 13.2 Å². The monoisotopic (exact) mass is 490 g/mol. The van der Waals surface area contributed by atoms with Gasteiger partial charge in [0.1, 0.15) is 5.75 Å². The summed E-state index contributed by atoms with van der Waals surface area (Å²) in [6, 6.07) is 20.1. The molecule has 0 radical (unpaired) electrons. The Morgan fingerprint density at radius 2 is 1.60 bits per heavy atom.